The van der Waals surface area contributed by atoms with Crippen molar-refractivity contribution in [2.75, 3.05) is 6.54 Å². The summed E-state index contributed by atoms with van der Waals surface area (Å²) in [5.74, 6) is 1.52. The number of hydrogen-bond acceptors (Lipinski definition) is 2. The van der Waals surface area contributed by atoms with Crippen LogP contribution in [0.3, 0.4) is 0 Å². The summed E-state index contributed by atoms with van der Waals surface area (Å²) in [6.07, 6.45) is 6.85. The van der Waals surface area contributed by atoms with E-state index in [0.29, 0.717) is 18.4 Å². The highest BCUT2D eigenvalue weighted by atomic mass is 35.5. The normalized spacial score (nSPS) is 22.9. The lowest BCUT2D eigenvalue weighted by Gasteiger charge is -2.41. The minimum absolute atomic E-state index is 0. The van der Waals surface area contributed by atoms with Gasteiger partial charge in [-0.1, -0.05) is 20.3 Å². The van der Waals surface area contributed by atoms with Gasteiger partial charge in [0.25, 0.3) is 0 Å². The van der Waals surface area contributed by atoms with Crippen LogP contribution >= 0.6 is 12.4 Å². The van der Waals surface area contributed by atoms with Gasteiger partial charge in [-0.05, 0) is 43.9 Å². The van der Waals surface area contributed by atoms with Gasteiger partial charge in [-0.15, -0.1) is 12.4 Å². The Morgan fingerprint density at radius 1 is 1.39 bits per heavy atom. The van der Waals surface area contributed by atoms with Gasteiger partial charge in [-0.2, -0.15) is 0 Å². The van der Waals surface area contributed by atoms with Gasteiger partial charge in [0, 0.05) is 18.0 Å². The number of nitrogens with two attached hydrogens (primary N) is 1. The van der Waals surface area contributed by atoms with E-state index < -0.39 is 0 Å². The molecule has 0 saturated heterocycles. The molecule has 1 unspecified atom stereocenters. The van der Waals surface area contributed by atoms with E-state index in [9.17, 15) is 4.79 Å². The predicted octanol–water partition coefficient (Wildman–Crippen LogP) is 2.48. The van der Waals surface area contributed by atoms with E-state index in [1.54, 1.807) is 0 Å². The third-order valence-electron chi connectivity index (χ3n) is 4.32. The molecule has 2 fully saturated rings. The van der Waals surface area contributed by atoms with Crippen LogP contribution in [0, 0.1) is 17.3 Å². The first kappa shape index (κ1) is 15.8. The van der Waals surface area contributed by atoms with Gasteiger partial charge in [-0.25, -0.2) is 0 Å². The molecule has 0 aliphatic heterocycles. The lowest BCUT2D eigenvalue weighted by Crippen LogP contribution is -2.49. The van der Waals surface area contributed by atoms with Crippen molar-refractivity contribution in [2.24, 2.45) is 23.0 Å². The van der Waals surface area contributed by atoms with E-state index >= 15 is 0 Å². The molecule has 4 heteroatoms. The summed E-state index contributed by atoms with van der Waals surface area (Å²) in [5.41, 5.74) is 5.96. The summed E-state index contributed by atoms with van der Waals surface area (Å²) < 4.78 is 0. The van der Waals surface area contributed by atoms with Gasteiger partial charge >= 0.3 is 0 Å². The Balaban J connectivity index is 0.00000162. The predicted molar refractivity (Wildman–Crippen MR) is 76.7 cm³/mol. The number of halogens is 1. The monoisotopic (exact) mass is 274 g/mol. The Kier molecular flexibility index (Phi) is 5.47. The summed E-state index contributed by atoms with van der Waals surface area (Å²) >= 11 is 0. The average molecular weight is 275 g/mol. The molecule has 0 heterocycles. The average Bonchev–Trinajstić information content (AvgIpc) is 3.02. The maximum atomic E-state index is 12.3. The maximum absolute atomic E-state index is 12.3. The van der Waals surface area contributed by atoms with Gasteiger partial charge in [0.1, 0.15) is 0 Å². The second-order valence-electron chi connectivity index (χ2n) is 6.44. The zero-order valence-electron chi connectivity index (χ0n) is 11.6. The summed E-state index contributed by atoms with van der Waals surface area (Å²) in [4.78, 5) is 12.3. The molecule has 0 aromatic heterocycles. The number of carbonyl (C=O) groups is 1. The third kappa shape index (κ3) is 3.61. The van der Waals surface area contributed by atoms with Crippen molar-refractivity contribution in [3.05, 3.63) is 0 Å². The smallest absolute Gasteiger partial charge is 0.226 e. The molecule has 18 heavy (non-hydrogen) atoms. The molecule has 0 aromatic carbocycles. The Morgan fingerprint density at radius 3 is 2.39 bits per heavy atom. The van der Waals surface area contributed by atoms with Gasteiger partial charge in [-0.3, -0.25) is 4.79 Å². The van der Waals surface area contributed by atoms with Crippen molar-refractivity contribution in [1.29, 1.82) is 0 Å². The second-order valence-corrected chi connectivity index (χ2v) is 6.44. The lowest BCUT2D eigenvalue weighted by molar-refractivity contribution is -0.137. The molecule has 0 spiro atoms. The largest absolute Gasteiger partial charge is 0.354 e. The van der Waals surface area contributed by atoms with Crippen LogP contribution < -0.4 is 11.1 Å². The Morgan fingerprint density at radius 2 is 2.00 bits per heavy atom. The van der Waals surface area contributed by atoms with E-state index in [-0.39, 0.29) is 29.8 Å². The van der Waals surface area contributed by atoms with Gasteiger partial charge in [0.2, 0.25) is 5.91 Å². The summed E-state index contributed by atoms with van der Waals surface area (Å²) in [6, 6.07) is 0.176. The number of carbonyl (C=O) groups excluding carboxylic acids is 1. The highest BCUT2D eigenvalue weighted by Gasteiger charge is 2.44. The van der Waals surface area contributed by atoms with Crippen molar-refractivity contribution in [2.45, 2.75) is 58.4 Å². The van der Waals surface area contributed by atoms with Crippen LogP contribution in [0.25, 0.3) is 0 Å². The Labute approximate surface area is 117 Å². The van der Waals surface area contributed by atoms with Crippen molar-refractivity contribution in [3.63, 3.8) is 0 Å². The first-order valence-corrected chi connectivity index (χ1v) is 7.07. The molecule has 2 aliphatic carbocycles. The van der Waals surface area contributed by atoms with Gasteiger partial charge < -0.3 is 11.1 Å². The molecule has 1 amide bonds. The van der Waals surface area contributed by atoms with E-state index in [0.717, 1.165) is 19.3 Å². The minimum atomic E-state index is -0.0581. The number of amides is 1. The highest BCUT2D eigenvalue weighted by molar-refractivity contribution is 5.85. The zero-order valence-corrected chi connectivity index (χ0v) is 12.4. The standard InChI is InChI=1S/C14H26N2O.ClH/c1-10(2)8-14(6-3-7-14)13(17)16-9-12(15)11-4-5-11;/h10-12H,3-9,15H2,1-2H3,(H,16,17);1H. The molecule has 2 aliphatic rings. The lowest BCUT2D eigenvalue weighted by atomic mass is 9.64. The first-order valence-electron chi connectivity index (χ1n) is 7.07. The minimum Gasteiger partial charge on any atom is -0.354 e. The first-order chi connectivity index (χ1) is 8.03. The molecule has 0 aromatic rings. The summed E-state index contributed by atoms with van der Waals surface area (Å²) in [6.45, 7) is 5.07. The van der Waals surface area contributed by atoms with Gasteiger partial charge in [0.05, 0.1) is 0 Å². The molecule has 3 nitrogen and oxygen atoms in total. The Bertz CT molecular complexity index is 286. The fourth-order valence-corrected chi connectivity index (χ4v) is 3.00. The van der Waals surface area contributed by atoms with Crippen LogP contribution in [-0.2, 0) is 4.79 Å². The van der Waals surface area contributed by atoms with E-state index in [1.807, 2.05) is 0 Å². The fourth-order valence-electron chi connectivity index (χ4n) is 3.00. The van der Waals surface area contributed by atoms with Crippen molar-refractivity contribution < 1.29 is 4.79 Å². The van der Waals surface area contributed by atoms with Crippen molar-refractivity contribution in [1.82, 2.24) is 5.32 Å². The van der Waals surface area contributed by atoms with Crippen LogP contribution in [-0.4, -0.2) is 18.5 Å². The second kappa shape index (κ2) is 6.25. The number of hydrogen-bond donors (Lipinski definition) is 2. The third-order valence-corrected chi connectivity index (χ3v) is 4.32. The topological polar surface area (TPSA) is 55.1 Å². The highest BCUT2D eigenvalue weighted by Crippen LogP contribution is 2.46. The Hall–Kier alpha value is -0.280. The molecule has 1 atom stereocenters. The molecule has 2 saturated carbocycles. The number of nitrogens with one attached hydrogen (secondary N) is 1. The van der Waals surface area contributed by atoms with Crippen LogP contribution in [0.15, 0.2) is 0 Å². The molecule has 106 valence electrons. The number of rotatable bonds is 6. The molecule has 2 rings (SSSR count). The fraction of sp³-hybridized carbons (Fsp3) is 0.929. The van der Waals surface area contributed by atoms with Crippen LogP contribution in [0.2, 0.25) is 0 Å². The van der Waals surface area contributed by atoms with Crippen molar-refractivity contribution >= 4 is 18.3 Å². The summed E-state index contributed by atoms with van der Waals surface area (Å²) in [5, 5.41) is 3.09. The molecule has 0 bridgehead atoms. The quantitative estimate of drug-likeness (QED) is 0.782. The molecule has 0 radical (unpaired) electrons. The van der Waals surface area contributed by atoms with Gasteiger partial charge in [0.15, 0.2) is 0 Å². The van der Waals surface area contributed by atoms with Crippen LogP contribution in [0.5, 0.6) is 0 Å². The van der Waals surface area contributed by atoms with Crippen molar-refractivity contribution in [3.8, 4) is 0 Å². The summed E-state index contributed by atoms with van der Waals surface area (Å²) in [7, 11) is 0. The maximum Gasteiger partial charge on any atom is 0.226 e. The zero-order chi connectivity index (χ0) is 12.5. The van der Waals surface area contributed by atoms with Crippen LogP contribution in [0.1, 0.15) is 52.4 Å². The molecule has 3 N–H and O–H groups in total. The van der Waals surface area contributed by atoms with Crippen LogP contribution in [0.4, 0.5) is 0 Å². The molecular weight excluding hydrogens is 248 g/mol. The van der Waals surface area contributed by atoms with E-state index in [1.165, 1.54) is 19.3 Å². The SMILES string of the molecule is CC(C)CC1(C(=O)NCC(N)C2CC2)CCC1.Cl. The van der Waals surface area contributed by atoms with E-state index in [4.69, 9.17) is 5.73 Å². The molecular formula is C14H27ClN2O. The van der Waals surface area contributed by atoms with E-state index in [2.05, 4.69) is 19.2 Å².